The van der Waals surface area contributed by atoms with Gasteiger partial charge in [-0.05, 0) is 22.6 Å². The summed E-state index contributed by atoms with van der Waals surface area (Å²) in [6, 6.07) is 5.52. The molecule has 0 bridgehead atoms. The van der Waals surface area contributed by atoms with Crippen LogP contribution in [-0.4, -0.2) is 86.5 Å². The van der Waals surface area contributed by atoms with E-state index in [1.807, 2.05) is 4.90 Å². The SMILES string of the molecule is O=C(CN1CCN(Cc2ccc(C(F)(F)F)cc2)CC1)N1CCC2(CC1)Cn1cc([N+](=O)[O-])nc1O2. The average Bonchev–Trinajstić information content (AvgIpc) is 3.37. The number of imidazole rings is 1. The van der Waals surface area contributed by atoms with Crippen molar-refractivity contribution in [2.45, 2.75) is 37.7 Å². The first-order chi connectivity index (χ1) is 17.1. The molecule has 4 heterocycles. The molecular formula is C23H27F3N6O4. The van der Waals surface area contributed by atoms with Crippen LogP contribution in [0, 0.1) is 10.1 Å². The normalized spacial score (nSPS) is 20.4. The van der Waals surface area contributed by atoms with Gasteiger partial charge in [-0.1, -0.05) is 12.1 Å². The molecule has 3 aliphatic rings. The number of nitrogens with zero attached hydrogens (tertiary/aromatic N) is 6. The van der Waals surface area contributed by atoms with Crippen molar-refractivity contribution in [3.8, 4) is 6.01 Å². The number of halogens is 3. The van der Waals surface area contributed by atoms with E-state index in [0.29, 0.717) is 58.7 Å². The lowest BCUT2D eigenvalue weighted by molar-refractivity contribution is -0.389. The first-order valence-electron chi connectivity index (χ1n) is 11.9. The largest absolute Gasteiger partial charge is 0.437 e. The first-order valence-corrected chi connectivity index (χ1v) is 11.9. The van der Waals surface area contributed by atoms with Crippen molar-refractivity contribution in [3.63, 3.8) is 0 Å². The number of alkyl halides is 3. The summed E-state index contributed by atoms with van der Waals surface area (Å²) in [4.78, 5) is 33.3. The van der Waals surface area contributed by atoms with E-state index in [1.54, 1.807) is 4.57 Å². The Labute approximate surface area is 205 Å². The standard InChI is InChI=1S/C23H27F3N6O4/c24-23(25,26)18-3-1-17(2-4-18)13-28-9-11-29(12-10-28)15-20(33)30-7-5-22(6-8-30)16-31-14-19(32(34)35)27-21(31)36-22/h1-4,14H,5-13,15-16H2. The summed E-state index contributed by atoms with van der Waals surface area (Å²) < 4.78 is 45.9. The highest BCUT2D eigenvalue weighted by Gasteiger charge is 2.46. The zero-order valence-corrected chi connectivity index (χ0v) is 19.6. The number of carbonyl (C=O) groups is 1. The van der Waals surface area contributed by atoms with Crippen LogP contribution in [0.5, 0.6) is 6.01 Å². The van der Waals surface area contributed by atoms with Gasteiger partial charge in [0.15, 0.2) is 0 Å². The molecule has 2 fully saturated rings. The van der Waals surface area contributed by atoms with Crippen LogP contribution in [0.1, 0.15) is 24.0 Å². The minimum atomic E-state index is -4.33. The van der Waals surface area contributed by atoms with Crippen LogP contribution in [0.25, 0.3) is 0 Å². The Bertz CT molecular complexity index is 1090. The van der Waals surface area contributed by atoms with Crippen molar-refractivity contribution in [1.82, 2.24) is 24.3 Å². The predicted octanol–water partition coefficient (Wildman–Crippen LogP) is 2.38. The van der Waals surface area contributed by atoms with Gasteiger partial charge in [0.25, 0.3) is 0 Å². The number of hydrogen-bond acceptors (Lipinski definition) is 7. The maximum Gasteiger partial charge on any atom is 0.416 e. The van der Waals surface area contributed by atoms with E-state index < -0.39 is 22.3 Å². The number of rotatable bonds is 5. The number of piperazine rings is 1. The second-order valence-electron chi connectivity index (χ2n) is 9.68. The number of amides is 1. The zero-order valence-electron chi connectivity index (χ0n) is 19.6. The topological polar surface area (TPSA) is 97.0 Å². The molecule has 2 aromatic rings. The molecular weight excluding hydrogens is 481 g/mol. The molecule has 1 amide bonds. The Morgan fingerprint density at radius 2 is 1.69 bits per heavy atom. The highest BCUT2D eigenvalue weighted by Crippen LogP contribution is 2.37. The molecule has 36 heavy (non-hydrogen) atoms. The lowest BCUT2D eigenvalue weighted by Crippen LogP contribution is -2.53. The van der Waals surface area contributed by atoms with Crippen molar-refractivity contribution < 1.29 is 27.6 Å². The summed E-state index contributed by atoms with van der Waals surface area (Å²) in [5.74, 6) is -0.167. The van der Waals surface area contributed by atoms with Gasteiger partial charge in [0.1, 0.15) is 11.8 Å². The Hall–Kier alpha value is -3.19. The number of fused-ring (bicyclic) bond motifs is 1. The van der Waals surface area contributed by atoms with Gasteiger partial charge >= 0.3 is 18.0 Å². The minimum Gasteiger partial charge on any atom is -0.437 e. The Kier molecular flexibility index (Phi) is 6.37. The number of nitro groups is 1. The summed E-state index contributed by atoms with van der Waals surface area (Å²) in [7, 11) is 0. The second-order valence-corrected chi connectivity index (χ2v) is 9.68. The lowest BCUT2D eigenvalue weighted by Gasteiger charge is -2.39. The van der Waals surface area contributed by atoms with Gasteiger partial charge in [-0.2, -0.15) is 13.2 Å². The fourth-order valence-corrected chi connectivity index (χ4v) is 5.08. The predicted molar refractivity (Wildman–Crippen MR) is 121 cm³/mol. The summed E-state index contributed by atoms with van der Waals surface area (Å²) in [6.45, 7) is 5.42. The zero-order chi connectivity index (χ0) is 25.5. The van der Waals surface area contributed by atoms with Crippen molar-refractivity contribution >= 4 is 11.7 Å². The quantitative estimate of drug-likeness (QED) is 0.452. The van der Waals surface area contributed by atoms with Crippen LogP contribution in [0.2, 0.25) is 0 Å². The molecule has 10 nitrogen and oxygen atoms in total. The third kappa shape index (κ3) is 5.16. The van der Waals surface area contributed by atoms with Crippen LogP contribution in [0.4, 0.5) is 19.0 Å². The summed E-state index contributed by atoms with van der Waals surface area (Å²) in [6.07, 6.45) is -1.67. The molecule has 5 rings (SSSR count). The molecule has 1 aromatic heterocycles. The molecule has 0 aliphatic carbocycles. The van der Waals surface area contributed by atoms with E-state index >= 15 is 0 Å². The number of ether oxygens (including phenoxy) is 1. The van der Waals surface area contributed by atoms with E-state index in [1.165, 1.54) is 18.3 Å². The number of benzene rings is 1. The fourth-order valence-electron chi connectivity index (χ4n) is 5.08. The lowest BCUT2D eigenvalue weighted by atomic mass is 9.91. The molecule has 3 aliphatic heterocycles. The number of carbonyl (C=O) groups excluding carboxylic acids is 1. The van der Waals surface area contributed by atoms with E-state index in [4.69, 9.17) is 4.74 Å². The molecule has 0 N–H and O–H groups in total. The Morgan fingerprint density at radius 3 is 2.28 bits per heavy atom. The third-order valence-electron chi connectivity index (χ3n) is 7.22. The maximum absolute atomic E-state index is 12.9. The van der Waals surface area contributed by atoms with E-state index in [0.717, 1.165) is 30.8 Å². The van der Waals surface area contributed by atoms with Crippen molar-refractivity contribution in [2.24, 2.45) is 0 Å². The molecule has 0 radical (unpaired) electrons. The Balaban J connectivity index is 1.05. The van der Waals surface area contributed by atoms with Gasteiger partial charge in [-0.3, -0.25) is 19.2 Å². The Morgan fingerprint density at radius 1 is 1.06 bits per heavy atom. The van der Waals surface area contributed by atoms with Gasteiger partial charge in [0.05, 0.1) is 18.7 Å². The number of likely N-dealkylation sites (tertiary alicyclic amines) is 1. The average molecular weight is 509 g/mol. The summed E-state index contributed by atoms with van der Waals surface area (Å²) in [5.41, 5.74) is -0.286. The van der Waals surface area contributed by atoms with Gasteiger partial charge in [-0.25, -0.2) is 0 Å². The summed E-state index contributed by atoms with van der Waals surface area (Å²) in [5, 5.41) is 10.9. The van der Waals surface area contributed by atoms with E-state index in [9.17, 15) is 28.1 Å². The number of hydrogen-bond donors (Lipinski definition) is 0. The summed E-state index contributed by atoms with van der Waals surface area (Å²) >= 11 is 0. The van der Waals surface area contributed by atoms with Gasteiger partial charge in [0.2, 0.25) is 5.91 Å². The molecule has 1 aromatic carbocycles. The van der Waals surface area contributed by atoms with Gasteiger partial charge in [0, 0.05) is 63.6 Å². The van der Waals surface area contributed by atoms with E-state index in [-0.39, 0.29) is 17.7 Å². The molecule has 0 atom stereocenters. The molecule has 1 spiro atoms. The molecule has 194 valence electrons. The fraction of sp³-hybridized carbons (Fsp3) is 0.565. The van der Waals surface area contributed by atoms with Crippen molar-refractivity contribution in [3.05, 3.63) is 51.7 Å². The van der Waals surface area contributed by atoms with Crippen LogP contribution in [0.15, 0.2) is 30.5 Å². The third-order valence-corrected chi connectivity index (χ3v) is 7.22. The van der Waals surface area contributed by atoms with E-state index in [2.05, 4.69) is 14.8 Å². The first kappa shape index (κ1) is 24.5. The number of aromatic nitrogens is 2. The molecule has 2 saturated heterocycles. The van der Waals surface area contributed by atoms with Crippen LogP contribution in [-0.2, 0) is 24.1 Å². The minimum absolute atomic E-state index is 0.0624. The van der Waals surface area contributed by atoms with Crippen LogP contribution in [0.3, 0.4) is 0 Å². The molecule has 0 unspecified atom stereocenters. The van der Waals surface area contributed by atoms with Crippen molar-refractivity contribution in [2.75, 3.05) is 45.8 Å². The molecule has 13 heteroatoms. The number of piperidine rings is 1. The monoisotopic (exact) mass is 508 g/mol. The van der Waals surface area contributed by atoms with Crippen LogP contribution < -0.4 is 4.74 Å². The van der Waals surface area contributed by atoms with Crippen LogP contribution >= 0.6 is 0 Å². The highest BCUT2D eigenvalue weighted by atomic mass is 19.4. The smallest absolute Gasteiger partial charge is 0.416 e. The molecule has 0 saturated carbocycles. The second kappa shape index (κ2) is 9.36. The van der Waals surface area contributed by atoms with Gasteiger partial charge < -0.3 is 19.8 Å². The van der Waals surface area contributed by atoms with Crippen molar-refractivity contribution in [1.29, 1.82) is 0 Å². The van der Waals surface area contributed by atoms with Gasteiger partial charge in [-0.15, -0.1) is 0 Å². The highest BCUT2D eigenvalue weighted by molar-refractivity contribution is 5.78. The maximum atomic E-state index is 12.9.